The van der Waals surface area contributed by atoms with E-state index >= 15 is 0 Å². The maximum Gasteiger partial charge on any atom is 0.234 e. The summed E-state index contributed by atoms with van der Waals surface area (Å²) in [6.45, 7) is 36.1. The molecule has 0 radical (unpaired) electrons. The summed E-state index contributed by atoms with van der Waals surface area (Å²) in [7, 11) is 0. The molecular formula is C30H60O4. The van der Waals surface area contributed by atoms with Crippen LogP contribution in [0.2, 0.25) is 0 Å². The van der Waals surface area contributed by atoms with Crippen LogP contribution in [0.1, 0.15) is 143 Å². The second-order valence-corrected chi connectivity index (χ2v) is 16.3. The van der Waals surface area contributed by atoms with Crippen LogP contribution in [-0.2, 0) is 19.6 Å². The standard InChI is InChI=1S/C30H60O4/c1-24(2,3)22(28(13,14)26(7,8)9)31-33-30(20-18-17-19-21-30)34-32-23(25(4,5)6)29(15,16)27(10,11)12/h22-23H,17-21H2,1-16H3. The van der Waals surface area contributed by atoms with Crippen molar-refractivity contribution < 1.29 is 19.6 Å². The highest BCUT2D eigenvalue weighted by atomic mass is 17.3. The molecule has 0 aromatic rings. The normalized spacial score (nSPS) is 20.8. The topological polar surface area (TPSA) is 36.9 Å². The van der Waals surface area contributed by atoms with Crippen molar-refractivity contribution in [1.29, 1.82) is 0 Å². The highest BCUT2D eigenvalue weighted by Gasteiger charge is 2.51. The number of hydrogen-bond donors (Lipinski definition) is 0. The van der Waals surface area contributed by atoms with Crippen LogP contribution in [0.3, 0.4) is 0 Å². The van der Waals surface area contributed by atoms with Gasteiger partial charge in [0, 0.05) is 12.8 Å². The Morgan fingerprint density at radius 1 is 0.471 bits per heavy atom. The van der Waals surface area contributed by atoms with Crippen molar-refractivity contribution in [2.24, 2.45) is 32.5 Å². The van der Waals surface area contributed by atoms with E-state index in [0.29, 0.717) is 0 Å². The Balaban J connectivity index is 3.23. The van der Waals surface area contributed by atoms with Crippen LogP contribution in [0.4, 0.5) is 0 Å². The van der Waals surface area contributed by atoms with Crippen molar-refractivity contribution in [2.45, 2.75) is 161 Å². The third kappa shape index (κ3) is 7.43. The third-order valence-corrected chi connectivity index (χ3v) is 8.96. The van der Waals surface area contributed by atoms with E-state index in [1.165, 1.54) is 6.42 Å². The van der Waals surface area contributed by atoms with Crippen LogP contribution >= 0.6 is 0 Å². The highest BCUT2D eigenvalue weighted by molar-refractivity contribution is 4.96. The molecule has 4 heteroatoms. The Morgan fingerprint density at radius 2 is 0.765 bits per heavy atom. The Labute approximate surface area is 213 Å². The SMILES string of the molecule is CC(C)(C)C(OOC1(OOC(C(C)(C)C)C(C)(C)C(C)(C)C)CCCCC1)C(C)(C)C(C)(C)C. The first kappa shape index (κ1) is 31.9. The van der Waals surface area contributed by atoms with Gasteiger partial charge in [-0.1, -0.05) is 117 Å². The minimum absolute atomic E-state index is 0.0411. The van der Waals surface area contributed by atoms with Gasteiger partial charge in [-0.15, -0.1) is 0 Å². The molecular weight excluding hydrogens is 424 g/mol. The van der Waals surface area contributed by atoms with Gasteiger partial charge in [-0.3, -0.25) is 0 Å². The van der Waals surface area contributed by atoms with E-state index in [-0.39, 0.29) is 44.7 Å². The van der Waals surface area contributed by atoms with E-state index in [1.807, 2.05) is 0 Å². The molecule has 4 nitrogen and oxygen atoms in total. The average molecular weight is 485 g/mol. The molecule has 2 atom stereocenters. The van der Waals surface area contributed by atoms with Crippen LogP contribution in [0.5, 0.6) is 0 Å². The molecule has 0 N–H and O–H groups in total. The molecule has 0 heterocycles. The Bertz CT molecular complexity index is 579. The Hall–Kier alpha value is -0.160. The van der Waals surface area contributed by atoms with Crippen LogP contribution in [0, 0.1) is 32.5 Å². The van der Waals surface area contributed by atoms with Gasteiger partial charge in [-0.2, -0.15) is 9.78 Å². The van der Waals surface area contributed by atoms with E-state index in [0.717, 1.165) is 25.7 Å². The predicted octanol–water partition coefficient (Wildman–Crippen LogP) is 9.52. The predicted molar refractivity (Wildman–Crippen MR) is 143 cm³/mol. The largest absolute Gasteiger partial charge is 0.234 e. The molecule has 204 valence electrons. The molecule has 0 bridgehead atoms. The summed E-state index contributed by atoms with van der Waals surface area (Å²) >= 11 is 0. The average Bonchev–Trinajstić information content (AvgIpc) is 2.58. The molecule has 1 fully saturated rings. The van der Waals surface area contributed by atoms with E-state index < -0.39 is 5.79 Å². The monoisotopic (exact) mass is 484 g/mol. The summed E-state index contributed by atoms with van der Waals surface area (Å²) < 4.78 is 0. The van der Waals surface area contributed by atoms with Gasteiger partial charge >= 0.3 is 0 Å². The van der Waals surface area contributed by atoms with Gasteiger partial charge in [0.15, 0.2) is 0 Å². The van der Waals surface area contributed by atoms with Gasteiger partial charge in [-0.25, -0.2) is 9.78 Å². The quantitative estimate of drug-likeness (QED) is 0.195. The van der Waals surface area contributed by atoms with Crippen LogP contribution in [-0.4, -0.2) is 18.0 Å². The fourth-order valence-electron chi connectivity index (χ4n) is 5.02. The molecule has 0 amide bonds. The van der Waals surface area contributed by atoms with Crippen molar-refractivity contribution in [3.8, 4) is 0 Å². The summed E-state index contributed by atoms with van der Waals surface area (Å²) in [6, 6.07) is 0. The molecule has 1 rings (SSSR count). The van der Waals surface area contributed by atoms with Crippen molar-refractivity contribution in [2.75, 3.05) is 0 Å². The maximum atomic E-state index is 6.41. The first-order valence-corrected chi connectivity index (χ1v) is 13.6. The molecule has 2 unspecified atom stereocenters. The fraction of sp³-hybridized carbons (Fsp3) is 1.00. The Kier molecular flexibility index (Phi) is 9.66. The molecule has 34 heavy (non-hydrogen) atoms. The molecule has 1 aliphatic carbocycles. The van der Waals surface area contributed by atoms with E-state index in [4.69, 9.17) is 19.6 Å². The summed E-state index contributed by atoms with van der Waals surface area (Å²) in [5.41, 5.74) is -0.363. The zero-order chi connectivity index (χ0) is 27.0. The molecule has 0 aromatic heterocycles. The molecule has 0 saturated heterocycles. The van der Waals surface area contributed by atoms with E-state index in [2.05, 4.69) is 111 Å². The molecule has 1 aliphatic rings. The van der Waals surface area contributed by atoms with Crippen molar-refractivity contribution in [3.05, 3.63) is 0 Å². The van der Waals surface area contributed by atoms with Crippen LogP contribution in [0.25, 0.3) is 0 Å². The van der Waals surface area contributed by atoms with Crippen molar-refractivity contribution >= 4 is 0 Å². The van der Waals surface area contributed by atoms with Gasteiger partial charge in [0.05, 0.1) is 0 Å². The first-order valence-electron chi connectivity index (χ1n) is 13.6. The Morgan fingerprint density at radius 3 is 1.00 bits per heavy atom. The summed E-state index contributed by atoms with van der Waals surface area (Å²) in [4.78, 5) is 25.5. The minimum Gasteiger partial charge on any atom is -0.229 e. The van der Waals surface area contributed by atoms with E-state index in [9.17, 15) is 0 Å². The minimum atomic E-state index is -0.882. The number of rotatable bonds is 8. The second-order valence-electron chi connectivity index (χ2n) is 16.3. The summed E-state index contributed by atoms with van der Waals surface area (Å²) in [6.07, 6.45) is 4.57. The van der Waals surface area contributed by atoms with Gasteiger partial charge in [-0.05, 0) is 45.3 Å². The van der Waals surface area contributed by atoms with E-state index in [1.54, 1.807) is 0 Å². The molecule has 0 spiro atoms. The van der Waals surface area contributed by atoms with Crippen LogP contribution < -0.4 is 0 Å². The first-order chi connectivity index (χ1) is 14.9. The third-order valence-electron chi connectivity index (χ3n) is 8.96. The van der Waals surface area contributed by atoms with Gasteiger partial charge in [0.25, 0.3) is 0 Å². The lowest BCUT2D eigenvalue weighted by Gasteiger charge is -2.51. The van der Waals surface area contributed by atoms with Gasteiger partial charge in [0.2, 0.25) is 5.79 Å². The smallest absolute Gasteiger partial charge is 0.229 e. The summed E-state index contributed by atoms with van der Waals surface area (Å²) in [5, 5.41) is 0. The maximum absolute atomic E-state index is 6.41. The second kappa shape index (κ2) is 10.3. The molecule has 0 aliphatic heterocycles. The number of hydrogen-bond acceptors (Lipinski definition) is 4. The van der Waals surface area contributed by atoms with Crippen molar-refractivity contribution in [3.63, 3.8) is 0 Å². The lowest BCUT2D eigenvalue weighted by Crippen LogP contribution is -2.53. The van der Waals surface area contributed by atoms with Crippen molar-refractivity contribution in [1.82, 2.24) is 0 Å². The fourth-order valence-corrected chi connectivity index (χ4v) is 5.02. The summed E-state index contributed by atoms with van der Waals surface area (Å²) in [5.74, 6) is -0.882. The molecule has 1 saturated carbocycles. The van der Waals surface area contributed by atoms with Crippen LogP contribution in [0.15, 0.2) is 0 Å². The highest BCUT2D eigenvalue weighted by Crippen LogP contribution is 2.50. The lowest BCUT2D eigenvalue weighted by atomic mass is 9.60. The van der Waals surface area contributed by atoms with Gasteiger partial charge < -0.3 is 0 Å². The molecule has 0 aromatic carbocycles. The zero-order valence-electron chi connectivity index (χ0n) is 25.8. The lowest BCUT2D eigenvalue weighted by molar-refractivity contribution is -0.549. The zero-order valence-corrected chi connectivity index (χ0v) is 25.8. The van der Waals surface area contributed by atoms with Gasteiger partial charge in [0.1, 0.15) is 12.2 Å².